The molecule has 5 rings (SSSR count). The highest BCUT2D eigenvalue weighted by molar-refractivity contribution is 6.13. The number of fused-ring (bicyclic) bond motifs is 1. The Bertz CT molecular complexity index is 1370. The molecule has 0 spiro atoms. The number of carbonyl (C=O) groups is 2. The average Bonchev–Trinajstić information content (AvgIpc) is 3.75. The van der Waals surface area contributed by atoms with Crippen LogP contribution in [0.1, 0.15) is 26.2 Å². The first-order chi connectivity index (χ1) is 18.9. The summed E-state index contributed by atoms with van der Waals surface area (Å²) in [6.07, 6.45) is 3.47. The molecule has 1 saturated carbocycles. The summed E-state index contributed by atoms with van der Waals surface area (Å²) in [6, 6.07) is 9.35. The Labute approximate surface area is 226 Å². The summed E-state index contributed by atoms with van der Waals surface area (Å²) in [7, 11) is 1.56. The van der Waals surface area contributed by atoms with Crippen LogP contribution in [0.3, 0.4) is 0 Å². The predicted octanol–water partition coefficient (Wildman–Crippen LogP) is 4.58. The number of ether oxygens (including phenoxy) is 4. The summed E-state index contributed by atoms with van der Waals surface area (Å²) >= 11 is 0. The van der Waals surface area contributed by atoms with Gasteiger partial charge in [-0.15, -0.1) is 0 Å². The summed E-state index contributed by atoms with van der Waals surface area (Å²) in [4.78, 5) is 31.1. The first-order valence-electron chi connectivity index (χ1n) is 13.1. The van der Waals surface area contributed by atoms with Crippen molar-refractivity contribution in [1.29, 1.82) is 0 Å². The lowest BCUT2D eigenvalue weighted by molar-refractivity contribution is -0.131. The van der Waals surface area contributed by atoms with Gasteiger partial charge in [-0.05, 0) is 50.5 Å². The second-order valence-corrected chi connectivity index (χ2v) is 9.83. The molecule has 0 radical (unpaired) electrons. The van der Waals surface area contributed by atoms with Gasteiger partial charge in [-0.3, -0.25) is 19.5 Å². The van der Waals surface area contributed by atoms with Crippen molar-refractivity contribution in [3.05, 3.63) is 48.4 Å². The molecule has 206 valence electrons. The molecule has 9 nitrogen and oxygen atoms in total. The van der Waals surface area contributed by atoms with Crippen molar-refractivity contribution in [3.8, 4) is 23.0 Å². The minimum absolute atomic E-state index is 0.0180. The summed E-state index contributed by atoms with van der Waals surface area (Å²) in [5.74, 6) is 0.220. The molecule has 2 aliphatic rings. The van der Waals surface area contributed by atoms with Gasteiger partial charge in [0.25, 0.3) is 0 Å². The third-order valence-electron chi connectivity index (χ3n) is 7.24. The number of halogens is 1. The molecular formula is C29H32FN3O6. The molecular weight excluding hydrogens is 505 g/mol. The second-order valence-electron chi connectivity index (χ2n) is 9.83. The molecule has 0 bridgehead atoms. The molecule has 39 heavy (non-hydrogen) atoms. The average molecular weight is 538 g/mol. The Hall–Kier alpha value is -3.76. The minimum Gasteiger partial charge on any atom is -0.493 e. The smallest absolute Gasteiger partial charge is 0.238 e. The van der Waals surface area contributed by atoms with Crippen molar-refractivity contribution in [3.63, 3.8) is 0 Å². The maximum absolute atomic E-state index is 15.0. The van der Waals surface area contributed by atoms with Gasteiger partial charge in [-0.2, -0.15) is 0 Å². The number of carbonyl (C=O) groups excluding carboxylic acids is 2. The van der Waals surface area contributed by atoms with Crippen LogP contribution in [-0.2, 0) is 14.3 Å². The zero-order chi connectivity index (χ0) is 27.4. The number of benzene rings is 2. The van der Waals surface area contributed by atoms with E-state index in [9.17, 15) is 14.0 Å². The van der Waals surface area contributed by atoms with E-state index in [2.05, 4.69) is 15.2 Å². The molecule has 1 saturated heterocycles. The number of amides is 1. The van der Waals surface area contributed by atoms with E-state index in [1.165, 1.54) is 19.1 Å². The van der Waals surface area contributed by atoms with Crippen LogP contribution in [0.4, 0.5) is 10.1 Å². The van der Waals surface area contributed by atoms with Gasteiger partial charge >= 0.3 is 0 Å². The Morgan fingerprint density at radius 2 is 1.87 bits per heavy atom. The van der Waals surface area contributed by atoms with Gasteiger partial charge in [-0.25, -0.2) is 4.39 Å². The maximum Gasteiger partial charge on any atom is 0.238 e. The number of anilines is 1. The summed E-state index contributed by atoms with van der Waals surface area (Å²) in [6.45, 7) is 6.26. The molecule has 1 amide bonds. The number of methoxy groups -OCH3 is 1. The minimum atomic E-state index is -0.980. The lowest BCUT2D eigenvalue weighted by Crippen LogP contribution is -2.37. The van der Waals surface area contributed by atoms with Crippen LogP contribution >= 0.6 is 0 Å². The Balaban J connectivity index is 1.27. The van der Waals surface area contributed by atoms with Crippen molar-refractivity contribution in [2.75, 3.05) is 51.9 Å². The second kappa shape index (κ2) is 11.5. The predicted molar refractivity (Wildman–Crippen MR) is 143 cm³/mol. The fourth-order valence-electron chi connectivity index (χ4n) is 4.68. The maximum atomic E-state index is 15.0. The number of hydrogen-bond acceptors (Lipinski definition) is 8. The molecule has 0 atom stereocenters. The molecule has 1 aliphatic carbocycles. The van der Waals surface area contributed by atoms with Crippen molar-refractivity contribution >= 4 is 28.3 Å². The third-order valence-corrected chi connectivity index (χ3v) is 7.24. The highest BCUT2D eigenvalue weighted by Crippen LogP contribution is 2.47. The van der Waals surface area contributed by atoms with Gasteiger partial charge in [0.1, 0.15) is 16.9 Å². The number of nitrogens with one attached hydrogen (secondary N) is 1. The van der Waals surface area contributed by atoms with Crippen LogP contribution < -0.4 is 19.5 Å². The van der Waals surface area contributed by atoms with Crippen LogP contribution in [0.25, 0.3) is 10.9 Å². The van der Waals surface area contributed by atoms with E-state index in [1.807, 2.05) is 0 Å². The van der Waals surface area contributed by atoms with Crippen LogP contribution in [0.2, 0.25) is 0 Å². The van der Waals surface area contributed by atoms with Gasteiger partial charge in [0.05, 0.1) is 32.4 Å². The van der Waals surface area contributed by atoms with Crippen molar-refractivity contribution in [1.82, 2.24) is 9.88 Å². The zero-order valence-corrected chi connectivity index (χ0v) is 22.1. The summed E-state index contributed by atoms with van der Waals surface area (Å²) < 4.78 is 37.8. The molecule has 0 unspecified atom stereocenters. The first kappa shape index (κ1) is 26.8. The molecule has 2 fully saturated rings. The van der Waals surface area contributed by atoms with Gasteiger partial charge in [0.15, 0.2) is 23.1 Å². The van der Waals surface area contributed by atoms with E-state index >= 15 is 0 Å². The first-order valence-corrected chi connectivity index (χ1v) is 13.1. The fourth-order valence-corrected chi connectivity index (χ4v) is 4.68. The van der Waals surface area contributed by atoms with E-state index in [0.717, 1.165) is 39.3 Å². The number of morpholine rings is 1. The molecule has 2 heterocycles. The molecule has 10 heteroatoms. The fraction of sp³-hybridized carbons (Fsp3) is 0.414. The van der Waals surface area contributed by atoms with Gasteiger partial charge in [-0.1, -0.05) is 0 Å². The normalized spacial score (nSPS) is 16.5. The SMILES string of the molecule is COc1cc2c(Oc3ccc(NC(=O)C4(C(C)=O)CC4)cc3F)ccnc2cc1OCCCN1CCOCC1. The number of pyridine rings is 1. The number of Topliss-reactive ketones (excluding diaryl/α,β-unsaturated/α-hetero) is 1. The highest BCUT2D eigenvalue weighted by Gasteiger charge is 2.54. The van der Waals surface area contributed by atoms with Crippen molar-refractivity contribution < 1.29 is 32.9 Å². The lowest BCUT2D eigenvalue weighted by atomic mass is 10.0. The number of hydrogen-bond donors (Lipinski definition) is 1. The lowest BCUT2D eigenvalue weighted by Gasteiger charge is -2.26. The van der Waals surface area contributed by atoms with E-state index in [1.54, 1.807) is 37.6 Å². The Morgan fingerprint density at radius 3 is 2.56 bits per heavy atom. The van der Waals surface area contributed by atoms with Gasteiger partial charge in [0.2, 0.25) is 5.91 Å². The Kier molecular flexibility index (Phi) is 7.94. The number of ketones is 1. The number of aromatic nitrogens is 1. The quantitative estimate of drug-likeness (QED) is 0.280. The number of nitrogens with zero attached hydrogens (tertiary/aromatic N) is 2. The molecule has 1 N–H and O–H groups in total. The van der Waals surface area contributed by atoms with E-state index < -0.39 is 17.1 Å². The zero-order valence-electron chi connectivity index (χ0n) is 22.1. The van der Waals surface area contributed by atoms with Crippen LogP contribution in [0.15, 0.2) is 42.6 Å². The van der Waals surface area contributed by atoms with Crippen LogP contribution in [-0.4, -0.2) is 68.1 Å². The van der Waals surface area contributed by atoms with Crippen LogP contribution in [0, 0.1) is 11.2 Å². The van der Waals surface area contributed by atoms with Crippen LogP contribution in [0.5, 0.6) is 23.0 Å². The van der Waals surface area contributed by atoms with E-state index in [-0.39, 0.29) is 17.2 Å². The summed E-state index contributed by atoms with van der Waals surface area (Å²) in [5.41, 5.74) is -0.111. The number of rotatable bonds is 11. The topological polar surface area (TPSA) is 99.2 Å². The van der Waals surface area contributed by atoms with Crippen molar-refractivity contribution in [2.24, 2.45) is 5.41 Å². The van der Waals surface area contributed by atoms with E-state index in [4.69, 9.17) is 18.9 Å². The van der Waals surface area contributed by atoms with Crippen molar-refractivity contribution in [2.45, 2.75) is 26.2 Å². The molecule has 3 aromatic rings. The molecule has 1 aromatic heterocycles. The largest absolute Gasteiger partial charge is 0.493 e. The van der Waals surface area contributed by atoms with E-state index in [0.29, 0.717) is 47.6 Å². The standard InChI is InChI=1S/C29H32FN3O6/c1-19(34)29(7-8-29)28(35)32-20-4-5-25(22(30)16-20)39-24-6-9-31-23-18-27(26(36-2)17-21(23)24)38-13-3-10-33-11-14-37-15-12-33/h4-6,9,16-18H,3,7-8,10-15H2,1-2H3,(H,32,35). The Morgan fingerprint density at radius 1 is 1.08 bits per heavy atom. The third kappa shape index (κ3) is 5.97. The molecule has 2 aromatic carbocycles. The van der Waals surface area contributed by atoms with Gasteiger partial charge < -0.3 is 24.3 Å². The monoisotopic (exact) mass is 537 g/mol. The molecule has 1 aliphatic heterocycles. The highest BCUT2D eigenvalue weighted by atomic mass is 19.1. The summed E-state index contributed by atoms with van der Waals surface area (Å²) in [5, 5.41) is 3.27. The van der Waals surface area contributed by atoms with Gasteiger partial charge in [0, 0.05) is 49.0 Å².